The van der Waals surface area contributed by atoms with E-state index in [1.807, 2.05) is 48.2 Å². The molecule has 0 saturated carbocycles. The van der Waals surface area contributed by atoms with Crippen molar-refractivity contribution in [3.63, 3.8) is 0 Å². The minimum Gasteiger partial charge on any atom is -0.335 e. The molecule has 0 unspecified atom stereocenters. The van der Waals surface area contributed by atoms with Crippen molar-refractivity contribution in [2.45, 2.75) is 6.92 Å². The first-order valence-corrected chi connectivity index (χ1v) is 7.53. The fraction of sp³-hybridized carbons (Fsp3) is 0.353. The van der Waals surface area contributed by atoms with Crippen molar-refractivity contribution in [1.29, 1.82) is 0 Å². The minimum absolute atomic E-state index is 0.0160. The summed E-state index contributed by atoms with van der Waals surface area (Å²) in [6.07, 6.45) is 0. The van der Waals surface area contributed by atoms with E-state index < -0.39 is 0 Å². The van der Waals surface area contributed by atoms with Gasteiger partial charge in [-0.05, 0) is 25.6 Å². The Balaban J connectivity index is 1.82. The first kappa shape index (κ1) is 14.7. The minimum atomic E-state index is -0.0160. The highest BCUT2D eigenvalue weighted by Gasteiger charge is 2.23. The SMILES string of the molecule is Cc1cc(-c2ccccc2)nnc1C(=O)N1CCN(C)CC1. The lowest BCUT2D eigenvalue weighted by molar-refractivity contribution is 0.0656. The molecule has 0 N–H and O–H groups in total. The van der Waals surface area contributed by atoms with Gasteiger partial charge in [0.05, 0.1) is 5.69 Å². The predicted molar refractivity (Wildman–Crippen MR) is 85.6 cm³/mol. The summed E-state index contributed by atoms with van der Waals surface area (Å²) in [5, 5.41) is 8.43. The van der Waals surface area contributed by atoms with Crippen LogP contribution in [0.4, 0.5) is 0 Å². The van der Waals surface area contributed by atoms with Crippen LogP contribution in [0, 0.1) is 6.92 Å². The van der Waals surface area contributed by atoms with Gasteiger partial charge in [0.15, 0.2) is 5.69 Å². The van der Waals surface area contributed by atoms with E-state index in [9.17, 15) is 4.79 Å². The fourth-order valence-electron chi connectivity index (χ4n) is 2.61. The highest BCUT2D eigenvalue weighted by Crippen LogP contribution is 2.18. The second-order valence-electron chi connectivity index (χ2n) is 5.72. The van der Waals surface area contributed by atoms with E-state index in [1.54, 1.807) is 0 Å². The zero-order valence-electron chi connectivity index (χ0n) is 13.0. The number of carbonyl (C=O) groups excluding carboxylic acids is 1. The number of aryl methyl sites for hydroxylation is 1. The molecule has 1 fully saturated rings. The van der Waals surface area contributed by atoms with Gasteiger partial charge in [0.2, 0.25) is 0 Å². The van der Waals surface area contributed by atoms with E-state index in [0.29, 0.717) is 5.69 Å². The van der Waals surface area contributed by atoms with Crippen LogP contribution in [0.15, 0.2) is 36.4 Å². The monoisotopic (exact) mass is 296 g/mol. The smallest absolute Gasteiger partial charge is 0.274 e. The molecular weight excluding hydrogens is 276 g/mol. The number of benzene rings is 1. The topological polar surface area (TPSA) is 49.3 Å². The molecule has 1 aliphatic heterocycles. The van der Waals surface area contributed by atoms with E-state index in [4.69, 9.17) is 0 Å². The Bertz CT molecular complexity index is 664. The molecular formula is C17H20N4O. The van der Waals surface area contributed by atoms with Gasteiger partial charge in [0.25, 0.3) is 5.91 Å². The maximum Gasteiger partial charge on any atom is 0.274 e. The standard InChI is InChI=1S/C17H20N4O/c1-13-12-15(14-6-4-3-5-7-14)18-19-16(13)17(22)21-10-8-20(2)9-11-21/h3-7,12H,8-11H2,1-2H3. The van der Waals surface area contributed by atoms with Crippen molar-refractivity contribution in [3.05, 3.63) is 47.7 Å². The summed E-state index contributed by atoms with van der Waals surface area (Å²) in [6, 6.07) is 11.8. The van der Waals surface area contributed by atoms with Gasteiger partial charge in [-0.3, -0.25) is 4.79 Å². The van der Waals surface area contributed by atoms with Crippen LogP contribution in [0.3, 0.4) is 0 Å². The molecule has 0 atom stereocenters. The number of nitrogens with zero attached hydrogens (tertiary/aromatic N) is 4. The summed E-state index contributed by atoms with van der Waals surface area (Å²) in [7, 11) is 2.07. The maximum absolute atomic E-state index is 12.6. The number of hydrogen-bond acceptors (Lipinski definition) is 4. The largest absolute Gasteiger partial charge is 0.335 e. The van der Waals surface area contributed by atoms with E-state index in [1.165, 1.54) is 0 Å². The summed E-state index contributed by atoms with van der Waals surface area (Å²) < 4.78 is 0. The Hall–Kier alpha value is -2.27. The third kappa shape index (κ3) is 2.99. The summed E-state index contributed by atoms with van der Waals surface area (Å²) in [6.45, 7) is 5.22. The van der Waals surface area contributed by atoms with Crippen molar-refractivity contribution in [2.75, 3.05) is 33.2 Å². The normalized spacial score (nSPS) is 15.8. The van der Waals surface area contributed by atoms with Crippen molar-refractivity contribution in [2.24, 2.45) is 0 Å². The van der Waals surface area contributed by atoms with Gasteiger partial charge in [-0.2, -0.15) is 0 Å². The highest BCUT2D eigenvalue weighted by atomic mass is 16.2. The van der Waals surface area contributed by atoms with Crippen LogP contribution in [0.25, 0.3) is 11.3 Å². The zero-order valence-corrected chi connectivity index (χ0v) is 13.0. The molecule has 5 nitrogen and oxygen atoms in total. The first-order valence-electron chi connectivity index (χ1n) is 7.53. The number of amides is 1. The van der Waals surface area contributed by atoms with Crippen LogP contribution in [0.5, 0.6) is 0 Å². The molecule has 0 aliphatic carbocycles. The Morgan fingerprint density at radius 3 is 2.36 bits per heavy atom. The lowest BCUT2D eigenvalue weighted by Crippen LogP contribution is -2.47. The van der Waals surface area contributed by atoms with Gasteiger partial charge in [0.1, 0.15) is 0 Å². The Morgan fingerprint density at radius 2 is 1.73 bits per heavy atom. The number of likely N-dealkylation sites (N-methyl/N-ethyl adjacent to an activating group) is 1. The molecule has 0 spiro atoms. The van der Waals surface area contributed by atoms with Crippen molar-refractivity contribution in [3.8, 4) is 11.3 Å². The zero-order chi connectivity index (χ0) is 15.5. The summed E-state index contributed by atoms with van der Waals surface area (Å²) in [5.74, 6) is -0.0160. The number of piperazine rings is 1. The molecule has 2 aromatic rings. The summed E-state index contributed by atoms with van der Waals surface area (Å²) in [4.78, 5) is 16.7. The van der Waals surface area contributed by atoms with Crippen LogP contribution in [0.1, 0.15) is 16.1 Å². The van der Waals surface area contributed by atoms with E-state index in [-0.39, 0.29) is 5.91 Å². The summed E-state index contributed by atoms with van der Waals surface area (Å²) in [5.41, 5.74) is 3.15. The van der Waals surface area contributed by atoms with Crippen LogP contribution in [0.2, 0.25) is 0 Å². The van der Waals surface area contributed by atoms with Crippen LogP contribution in [-0.4, -0.2) is 59.1 Å². The molecule has 5 heteroatoms. The molecule has 0 radical (unpaired) electrons. The molecule has 1 aliphatic rings. The maximum atomic E-state index is 12.6. The average Bonchev–Trinajstić information content (AvgIpc) is 2.56. The predicted octanol–water partition coefficient (Wildman–Crippen LogP) is 1.84. The second-order valence-corrected chi connectivity index (χ2v) is 5.72. The third-order valence-electron chi connectivity index (χ3n) is 4.05. The van der Waals surface area contributed by atoms with Gasteiger partial charge >= 0.3 is 0 Å². The fourth-order valence-corrected chi connectivity index (χ4v) is 2.61. The van der Waals surface area contributed by atoms with Crippen LogP contribution >= 0.6 is 0 Å². The number of hydrogen-bond donors (Lipinski definition) is 0. The molecule has 2 heterocycles. The van der Waals surface area contributed by atoms with Gasteiger partial charge < -0.3 is 9.80 Å². The quantitative estimate of drug-likeness (QED) is 0.848. The van der Waals surface area contributed by atoms with Gasteiger partial charge in [-0.1, -0.05) is 30.3 Å². The Kier molecular flexibility index (Phi) is 4.15. The molecule has 1 saturated heterocycles. The Morgan fingerprint density at radius 1 is 1.05 bits per heavy atom. The van der Waals surface area contributed by atoms with Crippen LogP contribution in [-0.2, 0) is 0 Å². The lowest BCUT2D eigenvalue weighted by Gasteiger charge is -2.32. The van der Waals surface area contributed by atoms with Crippen LogP contribution < -0.4 is 0 Å². The summed E-state index contributed by atoms with van der Waals surface area (Å²) >= 11 is 0. The Labute approximate surface area is 130 Å². The molecule has 1 amide bonds. The molecule has 3 rings (SSSR count). The number of aromatic nitrogens is 2. The van der Waals surface area contributed by atoms with Gasteiger partial charge in [-0.25, -0.2) is 0 Å². The van der Waals surface area contributed by atoms with E-state index in [2.05, 4.69) is 22.1 Å². The van der Waals surface area contributed by atoms with Crippen molar-refractivity contribution < 1.29 is 4.79 Å². The van der Waals surface area contributed by atoms with E-state index in [0.717, 1.165) is 43.0 Å². The lowest BCUT2D eigenvalue weighted by atomic mass is 10.1. The van der Waals surface area contributed by atoms with Crippen molar-refractivity contribution >= 4 is 5.91 Å². The van der Waals surface area contributed by atoms with Crippen molar-refractivity contribution in [1.82, 2.24) is 20.0 Å². The van der Waals surface area contributed by atoms with Gasteiger partial charge in [-0.15, -0.1) is 10.2 Å². The average molecular weight is 296 g/mol. The number of rotatable bonds is 2. The molecule has 0 bridgehead atoms. The first-order chi connectivity index (χ1) is 10.6. The third-order valence-corrected chi connectivity index (χ3v) is 4.05. The highest BCUT2D eigenvalue weighted by molar-refractivity contribution is 5.93. The molecule has 1 aromatic carbocycles. The molecule has 1 aromatic heterocycles. The van der Waals surface area contributed by atoms with E-state index >= 15 is 0 Å². The number of carbonyl (C=O) groups is 1. The second kappa shape index (κ2) is 6.23. The molecule has 22 heavy (non-hydrogen) atoms. The van der Waals surface area contributed by atoms with Gasteiger partial charge in [0, 0.05) is 31.7 Å². The molecule has 114 valence electrons.